The second-order valence-corrected chi connectivity index (χ2v) is 9.29. The zero-order valence-electron chi connectivity index (χ0n) is 15.4. The summed E-state index contributed by atoms with van der Waals surface area (Å²) >= 11 is 0. The third-order valence-corrected chi connectivity index (χ3v) is 5.91. The molecule has 23 heavy (non-hydrogen) atoms. The van der Waals surface area contributed by atoms with E-state index < -0.39 is 31.5 Å². The summed E-state index contributed by atoms with van der Waals surface area (Å²) in [5, 5.41) is 5.60. The molecule has 0 saturated carbocycles. The first-order valence-corrected chi connectivity index (χ1v) is 9.73. The van der Waals surface area contributed by atoms with Crippen molar-refractivity contribution in [3.8, 4) is 0 Å². The van der Waals surface area contributed by atoms with Crippen molar-refractivity contribution >= 4 is 19.4 Å². The van der Waals surface area contributed by atoms with Crippen molar-refractivity contribution in [3.05, 3.63) is 0 Å². The molecule has 8 heteroatoms. The quantitative estimate of drug-likeness (QED) is 0.487. The highest BCUT2D eigenvalue weighted by Gasteiger charge is 2.34. The van der Waals surface area contributed by atoms with Crippen LogP contribution in [0.15, 0.2) is 0 Å². The van der Waals surface area contributed by atoms with Crippen molar-refractivity contribution in [3.63, 3.8) is 0 Å². The smallest absolute Gasteiger partial charge is 0.323 e. The summed E-state index contributed by atoms with van der Waals surface area (Å²) in [5.41, 5.74) is -0.314. The van der Waals surface area contributed by atoms with Crippen molar-refractivity contribution in [2.75, 3.05) is 0 Å². The van der Waals surface area contributed by atoms with Crippen molar-refractivity contribution in [2.45, 2.75) is 85.3 Å². The highest BCUT2D eigenvalue weighted by molar-refractivity contribution is 7.60. The van der Waals surface area contributed by atoms with Gasteiger partial charge in [0.1, 0.15) is 12.1 Å². The molecule has 0 aliphatic heterocycles. The van der Waals surface area contributed by atoms with Crippen LogP contribution in [0.4, 0.5) is 0 Å². The zero-order valence-corrected chi connectivity index (χ0v) is 16.3. The van der Waals surface area contributed by atoms with E-state index in [-0.39, 0.29) is 17.9 Å². The van der Waals surface area contributed by atoms with Gasteiger partial charge in [0.05, 0.1) is 12.2 Å². The molecule has 0 radical (unpaired) electrons. The molecule has 0 fully saturated rings. The highest BCUT2D eigenvalue weighted by atomic mass is 31.2. The Hall–Kier alpha value is -0.910. The number of ether oxygens (including phenoxy) is 2. The van der Waals surface area contributed by atoms with E-state index in [1.54, 1.807) is 55.4 Å². The second kappa shape index (κ2) is 9.40. The molecule has 0 aromatic heterocycles. The number of nitrogens with one attached hydrogen (secondary N) is 2. The Labute approximate surface area is 139 Å². The molecule has 0 aliphatic rings. The number of esters is 2. The fraction of sp³-hybridized carbons (Fsp3) is 0.867. The first-order chi connectivity index (χ1) is 10.4. The number of carbonyl (C=O) groups is 2. The fourth-order valence-corrected chi connectivity index (χ4v) is 3.72. The molecule has 0 aliphatic carbocycles. The lowest BCUT2D eigenvalue weighted by molar-refractivity contribution is -0.149. The van der Waals surface area contributed by atoms with Crippen LogP contribution in [0.25, 0.3) is 0 Å². The Morgan fingerprint density at radius 3 is 1.26 bits per heavy atom. The first-order valence-electron chi connectivity index (χ1n) is 7.95. The summed E-state index contributed by atoms with van der Waals surface area (Å²) in [6.45, 7) is 13.6. The molecule has 0 saturated heterocycles. The van der Waals surface area contributed by atoms with Crippen LogP contribution >= 0.6 is 7.44 Å². The summed E-state index contributed by atoms with van der Waals surface area (Å²) < 4.78 is 23.3. The van der Waals surface area contributed by atoms with Crippen molar-refractivity contribution < 1.29 is 23.6 Å². The Bertz CT molecular complexity index is 417. The molecule has 2 N–H and O–H groups in total. The van der Waals surface area contributed by atoms with Gasteiger partial charge in [-0.2, -0.15) is 0 Å². The molecule has 136 valence electrons. The molecule has 0 heterocycles. The monoisotopic (exact) mass is 350 g/mol. The molecule has 0 aromatic carbocycles. The third-order valence-electron chi connectivity index (χ3n) is 2.91. The van der Waals surface area contributed by atoms with Gasteiger partial charge in [-0.05, 0) is 41.5 Å². The largest absolute Gasteiger partial charge is 0.462 e. The van der Waals surface area contributed by atoms with Crippen LogP contribution in [0.5, 0.6) is 0 Å². The van der Waals surface area contributed by atoms with Gasteiger partial charge in [0, 0.05) is 5.66 Å². The van der Waals surface area contributed by atoms with Crippen LogP contribution < -0.4 is 10.2 Å². The molecule has 0 rings (SSSR count). The minimum absolute atomic E-state index is 0.252. The maximum Gasteiger partial charge on any atom is 0.323 e. The standard InChI is InChI=1S/C15H31N2O5P/c1-9(2)21-14(18)12(7)16-23(20,11(5)6)17-13(8)15(19)22-10(3)4/h9-13H,1-8H3,(H2,16,17,20)/t12-,13-/m0/s1. The molecule has 0 bridgehead atoms. The summed E-state index contributed by atoms with van der Waals surface area (Å²) in [5.74, 6) is -0.972. The Balaban J connectivity index is 4.96. The molecular formula is C15H31N2O5P. The minimum atomic E-state index is -3.20. The predicted octanol–water partition coefficient (Wildman–Crippen LogP) is 2.45. The molecule has 0 unspecified atom stereocenters. The van der Waals surface area contributed by atoms with E-state index in [1.165, 1.54) is 0 Å². The summed E-state index contributed by atoms with van der Waals surface area (Å²) in [6.07, 6.45) is -0.504. The predicted molar refractivity (Wildman–Crippen MR) is 90.4 cm³/mol. The SMILES string of the molecule is CC(C)OC(=O)[C@H](C)NP(=O)(N[C@@H](C)C(=O)OC(C)C)C(C)C. The van der Waals surface area contributed by atoms with Crippen LogP contribution in [0.1, 0.15) is 55.4 Å². The van der Waals surface area contributed by atoms with E-state index >= 15 is 0 Å². The maximum absolute atomic E-state index is 13.1. The molecule has 0 spiro atoms. The number of hydrogen-bond acceptors (Lipinski definition) is 5. The van der Waals surface area contributed by atoms with E-state index in [0.29, 0.717) is 0 Å². The average Bonchev–Trinajstić information content (AvgIpc) is 2.36. The van der Waals surface area contributed by atoms with Crippen LogP contribution in [-0.2, 0) is 23.6 Å². The van der Waals surface area contributed by atoms with Gasteiger partial charge < -0.3 is 9.47 Å². The van der Waals surface area contributed by atoms with Gasteiger partial charge in [-0.15, -0.1) is 0 Å². The van der Waals surface area contributed by atoms with Crippen molar-refractivity contribution in [2.24, 2.45) is 0 Å². The van der Waals surface area contributed by atoms with Crippen molar-refractivity contribution in [1.82, 2.24) is 10.2 Å². The number of hydrogen-bond donors (Lipinski definition) is 2. The maximum atomic E-state index is 13.1. The topological polar surface area (TPSA) is 93.7 Å². The molecule has 0 aromatic rings. The van der Waals surface area contributed by atoms with Crippen molar-refractivity contribution in [1.29, 1.82) is 0 Å². The van der Waals surface area contributed by atoms with Gasteiger partial charge in [0.25, 0.3) is 0 Å². The van der Waals surface area contributed by atoms with E-state index in [4.69, 9.17) is 9.47 Å². The molecular weight excluding hydrogens is 319 g/mol. The van der Waals surface area contributed by atoms with E-state index in [1.807, 2.05) is 0 Å². The molecule has 2 atom stereocenters. The van der Waals surface area contributed by atoms with Crippen LogP contribution in [0.2, 0.25) is 0 Å². The van der Waals surface area contributed by atoms with Gasteiger partial charge in [-0.1, -0.05) is 13.8 Å². The highest BCUT2D eigenvalue weighted by Crippen LogP contribution is 2.43. The van der Waals surface area contributed by atoms with Gasteiger partial charge in [0.2, 0.25) is 7.44 Å². The average molecular weight is 350 g/mol. The molecule has 7 nitrogen and oxygen atoms in total. The second-order valence-electron chi connectivity index (χ2n) is 6.42. The Morgan fingerprint density at radius 2 is 1.04 bits per heavy atom. The van der Waals surface area contributed by atoms with Gasteiger partial charge in [-0.25, -0.2) is 10.2 Å². The number of rotatable bonds is 9. The normalized spacial score (nSPS) is 14.9. The van der Waals surface area contributed by atoms with Crippen LogP contribution in [-0.4, -0.2) is 41.9 Å². The first kappa shape index (κ1) is 22.1. The Kier molecular flexibility index (Phi) is 9.03. The summed E-state index contributed by atoms with van der Waals surface area (Å²) in [4.78, 5) is 23.8. The molecule has 0 amide bonds. The lowest BCUT2D eigenvalue weighted by Gasteiger charge is -2.29. The van der Waals surface area contributed by atoms with Crippen LogP contribution in [0.3, 0.4) is 0 Å². The van der Waals surface area contributed by atoms with Gasteiger partial charge >= 0.3 is 11.9 Å². The fourth-order valence-electron chi connectivity index (χ4n) is 1.68. The zero-order chi connectivity index (χ0) is 18.4. The third kappa shape index (κ3) is 7.95. The van der Waals surface area contributed by atoms with Gasteiger partial charge in [-0.3, -0.25) is 14.2 Å². The van der Waals surface area contributed by atoms with E-state index in [9.17, 15) is 14.2 Å². The van der Waals surface area contributed by atoms with Gasteiger partial charge in [0.15, 0.2) is 0 Å². The summed E-state index contributed by atoms with van der Waals surface area (Å²) in [7, 11) is -3.20. The van der Waals surface area contributed by atoms with E-state index in [2.05, 4.69) is 10.2 Å². The van der Waals surface area contributed by atoms with E-state index in [0.717, 1.165) is 0 Å². The number of carbonyl (C=O) groups excluding carboxylic acids is 2. The summed E-state index contributed by atoms with van der Waals surface area (Å²) in [6, 6.07) is -1.52. The lowest BCUT2D eigenvalue weighted by atomic mass is 10.4. The van der Waals surface area contributed by atoms with Crippen LogP contribution in [0, 0.1) is 0 Å². The Morgan fingerprint density at radius 1 is 0.739 bits per heavy atom. The minimum Gasteiger partial charge on any atom is -0.462 e. The lowest BCUT2D eigenvalue weighted by Crippen LogP contribution is -2.44.